The Bertz CT molecular complexity index is 215. The Morgan fingerprint density at radius 1 is 1.50 bits per heavy atom. The van der Waals surface area contributed by atoms with Crippen molar-refractivity contribution in [3.63, 3.8) is 0 Å². The third-order valence-corrected chi connectivity index (χ3v) is 2.86. The molecule has 82 valence electrons. The van der Waals surface area contributed by atoms with E-state index in [0.717, 1.165) is 12.8 Å². The van der Waals surface area contributed by atoms with Crippen LogP contribution in [-0.2, 0) is 14.3 Å². The predicted octanol–water partition coefficient (Wildman–Crippen LogP) is 0.705. The molecule has 2 atom stereocenters. The highest BCUT2D eigenvalue weighted by Gasteiger charge is 2.44. The van der Waals surface area contributed by atoms with Crippen LogP contribution in [0.3, 0.4) is 0 Å². The van der Waals surface area contributed by atoms with Crippen LogP contribution >= 0.6 is 0 Å². The lowest BCUT2D eigenvalue weighted by molar-refractivity contribution is -0.153. The molecule has 2 unspecified atom stereocenters. The van der Waals surface area contributed by atoms with E-state index in [9.17, 15) is 4.79 Å². The van der Waals surface area contributed by atoms with Crippen molar-refractivity contribution in [3.05, 3.63) is 0 Å². The Hall–Kier alpha value is -0.610. The molecule has 0 heterocycles. The Kier molecular flexibility index (Phi) is 3.50. The maximum atomic E-state index is 11.6. The first-order valence-electron chi connectivity index (χ1n) is 4.93. The van der Waals surface area contributed by atoms with Crippen LogP contribution in [0.4, 0.5) is 0 Å². The minimum atomic E-state index is -0.731. The number of hydrogen-bond acceptors (Lipinski definition) is 4. The van der Waals surface area contributed by atoms with Crippen LogP contribution in [0.1, 0.15) is 26.7 Å². The van der Waals surface area contributed by atoms with Gasteiger partial charge in [0.1, 0.15) is 5.54 Å². The third-order valence-electron chi connectivity index (χ3n) is 2.86. The first kappa shape index (κ1) is 11.5. The fourth-order valence-corrected chi connectivity index (χ4v) is 1.44. The first-order valence-corrected chi connectivity index (χ1v) is 4.93. The molecule has 1 saturated carbocycles. The van der Waals surface area contributed by atoms with E-state index >= 15 is 0 Å². The molecule has 0 aromatic rings. The molecular formula is C10H19NO3. The second-order valence-corrected chi connectivity index (χ2v) is 3.99. The molecule has 0 radical (unpaired) electrons. The zero-order chi connectivity index (χ0) is 10.8. The van der Waals surface area contributed by atoms with Gasteiger partial charge in [-0.05, 0) is 26.7 Å². The quantitative estimate of drug-likeness (QED) is 0.665. The summed E-state index contributed by atoms with van der Waals surface area (Å²) in [5.41, 5.74) is -0.731. The SMILES string of the molecule is COC(=O)C(C)(NC1CC1)C(C)OC. The van der Waals surface area contributed by atoms with Crippen molar-refractivity contribution in [3.8, 4) is 0 Å². The van der Waals surface area contributed by atoms with E-state index < -0.39 is 5.54 Å². The number of methoxy groups -OCH3 is 2. The fraction of sp³-hybridized carbons (Fsp3) is 0.900. The van der Waals surface area contributed by atoms with Crippen LogP contribution < -0.4 is 5.32 Å². The molecule has 1 rings (SSSR count). The molecule has 4 heteroatoms. The molecule has 0 bridgehead atoms. The fourth-order valence-electron chi connectivity index (χ4n) is 1.44. The summed E-state index contributed by atoms with van der Waals surface area (Å²) in [7, 11) is 3.00. The summed E-state index contributed by atoms with van der Waals surface area (Å²) in [5, 5.41) is 3.27. The normalized spacial score (nSPS) is 22.6. The molecule has 0 amide bonds. The molecule has 0 aliphatic heterocycles. The zero-order valence-electron chi connectivity index (χ0n) is 9.29. The van der Waals surface area contributed by atoms with E-state index in [1.807, 2.05) is 13.8 Å². The number of carbonyl (C=O) groups excluding carboxylic acids is 1. The third kappa shape index (κ3) is 2.25. The van der Waals surface area contributed by atoms with Crippen LogP contribution in [0, 0.1) is 0 Å². The standard InChI is InChI=1S/C10H19NO3/c1-7(13-3)10(2,9(12)14-4)11-8-5-6-8/h7-8,11H,5-6H2,1-4H3. The number of esters is 1. The van der Waals surface area contributed by atoms with Crippen molar-refractivity contribution in [2.75, 3.05) is 14.2 Å². The molecule has 0 saturated heterocycles. The summed E-state index contributed by atoms with van der Waals surface area (Å²) in [5.74, 6) is -0.265. The van der Waals surface area contributed by atoms with Crippen LogP contribution in [-0.4, -0.2) is 37.9 Å². The monoisotopic (exact) mass is 201 g/mol. The van der Waals surface area contributed by atoms with Gasteiger partial charge >= 0.3 is 5.97 Å². The number of carbonyl (C=O) groups is 1. The minimum absolute atomic E-state index is 0.199. The van der Waals surface area contributed by atoms with Crippen molar-refractivity contribution < 1.29 is 14.3 Å². The second kappa shape index (κ2) is 4.28. The maximum absolute atomic E-state index is 11.6. The van der Waals surface area contributed by atoms with E-state index in [1.165, 1.54) is 7.11 Å². The van der Waals surface area contributed by atoms with E-state index in [0.29, 0.717) is 6.04 Å². The van der Waals surface area contributed by atoms with Gasteiger partial charge in [0, 0.05) is 13.2 Å². The van der Waals surface area contributed by atoms with E-state index in [4.69, 9.17) is 9.47 Å². The molecule has 14 heavy (non-hydrogen) atoms. The smallest absolute Gasteiger partial charge is 0.328 e. The molecule has 1 N–H and O–H groups in total. The molecule has 4 nitrogen and oxygen atoms in total. The van der Waals surface area contributed by atoms with Crippen molar-refractivity contribution >= 4 is 5.97 Å². The first-order chi connectivity index (χ1) is 6.54. The van der Waals surface area contributed by atoms with Crippen LogP contribution in [0.15, 0.2) is 0 Å². The Morgan fingerprint density at radius 3 is 2.43 bits per heavy atom. The lowest BCUT2D eigenvalue weighted by atomic mass is 9.95. The Labute approximate surface area is 85.0 Å². The van der Waals surface area contributed by atoms with Gasteiger partial charge in [0.2, 0.25) is 0 Å². The summed E-state index contributed by atoms with van der Waals surface area (Å²) in [6.45, 7) is 3.69. The lowest BCUT2D eigenvalue weighted by Crippen LogP contribution is -2.58. The van der Waals surface area contributed by atoms with Gasteiger partial charge < -0.3 is 9.47 Å². The van der Waals surface area contributed by atoms with Gasteiger partial charge in [-0.3, -0.25) is 5.32 Å². The van der Waals surface area contributed by atoms with Crippen LogP contribution in [0.2, 0.25) is 0 Å². The molecule has 1 aliphatic carbocycles. The summed E-state index contributed by atoms with van der Waals surface area (Å²) < 4.78 is 9.99. The lowest BCUT2D eigenvalue weighted by Gasteiger charge is -2.32. The number of ether oxygens (including phenoxy) is 2. The van der Waals surface area contributed by atoms with E-state index in [2.05, 4.69) is 5.32 Å². The highest BCUT2D eigenvalue weighted by atomic mass is 16.5. The van der Waals surface area contributed by atoms with E-state index in [-0.39, 0.29) is 12.1 Å². The highest BCUT2D eigenvalue weighted by molar-refractivity contribution is 5.81. The highest BCUT2D eigenvalue weighted by Crippen LogP contribution is 2.25. The van der Waals surface area contributed by atoms with Gasteiger partial charge in [-0.25, -0.2) is 4.79 Å². The number of hydrogen-bond donors (Lipinski definition) is 1. The van der Waals surface area contributed by atoms with Crippen LogP contribution in [0.5, 0.6) is 0 Å². The molecule has 0 spiro atoms. The van der Waals surface area contributed by atoms with Gasteiger partial charge in [0.15, 0.2) is 0 Å². The average Bonchev–Trinajstić information content (AvgIpc) is 2.98. The molecule has 1 fully saturated rings. The number of nitrogens with one attached hydrogen (secondary N) is 1. The number of rotatable bonds is 5. The molecule has 0 aromatic heterocycles. The Balaban J connectivity index is 2.69. The van der Waals surface area contributed by atoms with Gasteiger partial charge in [-0.15, -0.1) is 0 Å². The predicted molar refractivity (Wildman–Crippen MR) is 53.0 cm³/mol. The maximum Gasteiger partial charge on any atom is 0.328 e. The summed E-state index contributed by atoms with van der Waals surface area (Å²) in [6, 6.07) is 0.441. The van der Waals surface area contributed by atoms with E-state index in [1.54, 1.807) is 7.11 Å². The van der Waals surface area contributed by atoms with Crippen LogP contribution in [0.25, 0.3) is 0 Å². The van der Waals surface area contributed by atoms with Crippen molar-refractivity contribution in [1.82, 2.24) is 5.32 Å². The topological polar surface area (TPSA) is 47.6 Å². The molecular weight excluding hydrogens is 182 g/mol. The summed E-state index contributed by atoms with van der Waals surface area (Å²) in [6.07, 6.45) is 2.06. The average molecular weight is 201 g/mol. The van der Waals surface area contributed by atoms with Gasteiger partial charge in [-0.2, -0.15) is 0 Å². The van der Waals surface area contributed by atoms with Crippen molar-refractivity contribution in [2.24, 2.45) is 0 Å². The summed E-state index contributed by atoms with van der Waals surface area (Å²) >= 11 is 0. The summed E-state index contributed by atoms with van der Waals surface area (Å²) in [4.78, 5) is 11.6. The minimum Gasteiger partial charge on any atom is -0.468 e. The van der Waals surface area contributed by atoms with Gasteiger partial charge in [0.05, 0.1) is 13.2 Å². The van der Waals surface area contributed by atoms with Crippen molar-refractivity contribution in [2.45, 2.75) is 44.4 Å². The molecule has 0 aromatic carbocycles. The van der Waals surface area contributed by atoms with Gasteiger partial charge in [0.25, 0.3) is 0 Å². The zero-order valence-corrected chi connectivity index (χ0v) is 9.29. The van der Waals surface area contributed by atoms with Gasteiger partial charge in [-0.1, -0.05) is 0 Å². The van der Waals surface area contributed by atoms with Crippen molar-refractivity contribution in [1.29, 1.82) is 0 Å². The second-order valence-electron chi connectivity index (χ2n) is 3.99. The largest absolute Gasteiger partial charge is 0.468 e. The Morgan fingerprint density at radius 2 is 2.07 bits per heavy atom. The molecule has 1 aliphatic rings.